The molecular weight excluding hydrogens is 520 g/mol. The Morgan fingerprint density at radius 2 is 1.61 bits per heavy atom. The molecule has 2 N–H and O–H groups in total. The molecule has 1 aliphatic heterocycles. The fraction of sp³-hybridized carbons (Fsp3) is 0.276. The molecular formula is C29H29BrN2O4. The zero-order chi connectivity index (χ0) is 25.2. The largest absolute Gasteiger partial charge is 0.496 e. The molecule has 186 valence electrons. The first kappa shape index (κ1) is 24.3. The van der Waals surface area contributed by atoms with Crippen molar-refractivity contribution in [2.75, 3.05) is 31.5 Å². The van der Waals surface area contributed by atoms with E-state index in [1.807, 2.05) is 67.6 Å². The molecule has 2 aliphatic rings. The molecule has 1 heterocycles. The molecule has 3 aromatic carbocycles. The minimum absolute atomic E-state index is 0.0295. The van der Waals surface area contributed by atoms with Gasteiger partial charge in [-0.15, -0.1) is 0 Å². The van der Waals surface area contributed by atoms with Crippen LogP contribution in [0, 0.1) is 0 Å². The van der Waals surface area contributed by atoms with Crippen LogP contribution in [0.4, 0.5) is 11.4 Å². The van der Waals surface area contributed by atoms with E-state index in [9.17, 15) is 4.79 Å². The number of allylic oxidation sites excluding steroid dienone is 1. The van der Waals surface area contributed by atoms with E-state index < -0.39 is 0 Å². The van der Waals surface area contributed by atoms with Crippen molar-refractivity contribution in [3.8, 4) is 17.2 Å². The van der Waals surface area contributed by atoms with Crippen LogP contribution in [0.5, 0.6) is 17.2 Å². The van der Waals surface area contributed by atoms with Gasteiger partial charge in [0.2, 0.25) is 0 Å². The number of carbonyl (C=O) groups excluding carboxylic acids is 1. The summed E-state index contributed by atoms with van der Waals surface area (Å²) in [6.45, 7) is 2.51. The van der Waals surface area contributed by atoms with Crippen molar-refractivity contribution in [2.24, 2.45) is 0 Å². The zero-order valence-electron chi connectivity index (χ0n) is 20.6. The van der Waals surface area contributed by atoms with E-state index in [0.717, 1.165) is 44.0 Å². The van der Waals surface area contributed by atoms with Gasteiger partial charge in [0.05, 0.1) is 42.7 Å². The SMILES string of the molecule is CCOc1ccc(C2CC(=O)C3=C(C2)Nc2ccccc2NC3c2ccc(OC)c(Br)c2)cc1OC. The van der Waals surface area contributed by atoms with Gasteiger partial charge < -0.3 is 24.8 Å². The van der Waals surface area contributed by atoms with Crippen molar-refractivity contribution in [3.05, 3.63) is 87.5 Å². The molecule has 0 amide bonds. The molecule has 2 unspecified atom stereocenters. The van der Waals surface area contributed by atoms with Crippen LogP contribution in [0.15, 0.2) is 76.4 Å². The average molecular weight is 549 g/mol. The maximum absolute atomic E-state index is 13.8. The number of hydrogen-bond donors (Lipinski definition) is 2. The Bertz CT molecular complexity index is 1340. The summed E-state index contributed by atoms with van der Waals surface area (Å²) in [5, 5.41) is 7.22. The first-order valence-corrected chi connectivity index (χ1v) is 12.8. The van der Waals surface area contributed by atoms with E-state index in [1.165, 1.54) is 0 Å². The second-order valence-electron chi connectivity index (χ2n) is 8.91. The molecule has 7 heteroatoms. The van der Waals surface area contributed by atoms with E-state index in [0.29, 0.717) is 30.9 Å². The van der Waals surface area contributed by atoms with Crippen molar-refractivity contribution in [1.29, 1.82) is 0 Å². The van der Waals surface area contributed by atoms with Gasteiger partial charge in [0, 0.05) is 17.7 Å². The Morgan fingerprint density at radius 3 is 2.33 bits per heavy atom. The number of fused-ring (bicyclic) bond motifs is 1. The summed E-state index contributed by atoms with van der Waals surface area (Å²) >= 11 is 3.61. The number of nitrogens with one attached hydrogen (secondary N) is 2. The summed E-state index contributed by atoms with van der Waals surface area (Å²) in [5.41, 5.74) is 5.68. The van der Waals surface area contributed by atoms with Crippen LogP contribution in [-0.2, 0) is 4.79 Å². The minimum Gasteiger partial charge on any atom is -0.496 e. The number of hydrogen-bond acceptors (Lipinski definition) is 6. The van der Waals surface area contributed by atoms with Crippen LogP contribution >= 0.6 is 15.9 Å². The molecule has 0 aromatic heterocycles. The molecule has 5 rings (SSSR count). The minimum atomic E-state index is -0.290. The molecule has 1 aliphatic carbocycles. The van der Waals surface area contributed by atoms with Gasteiger partial charge in [-0.2, -0.15) is 0 Å². The lowest BCUT2D eigenvalue weighted by atomic mass is 9.78. The van der Waals surface area contributed by atoms with Crippen molar-refractivity contribution >= 4 is 33.1 Å². The third-order valence-corrected chi connectivity index (χ3v) is 7.40. The highest BCUT2D eigenvalue weighted by molar-refractivity contribution is 9.10. The van der Waals surface area contributed by atoms with E-state index in [2.05, 4.69) is 26.6 Å². The Hall–Kier alpha value is -3.45. The predicted octanol–water partition coefficient (Wildman–Crippen LogP) is 6.84. The van der Waals surface area contributed by atoms with Crippen molar-refractivity contribution in [3.63, 3.8) is 0 Å². The molecule has 0 fully saturated rings. The number of methoxy groups -OCH3 is 2. The predicted molar refractivity (Wildman–Crippen MR) is 145 cm³/mol. The lowest BCUT2D eigenvalue weighted by molar-refractivity contribution is -0.116. The third-order valence-electron chi connectivity index (χ3n) is 6.78. The lowest BCUT2D eigenvalue weighted by Gasteiger charge is -2.30. The smallest absolute Gasteiger partial charge is 0.163 e. The Balaban J connectivity index is 1.56. The van der Waals surface area contributed by atoms with Crippen LogP contribution < -0.4 is 24.8 Å². The second-order valence-corrected chi connectivity index (χ2v) is 9.76. The number of ketones is 1. The van der Waals surface area contributed by atoms with E-state index in [4.69, 9.17) is 14.2 Å². The van der Waals surface area contributed by atoms with Crippen LogP contribution in [0.3, 0.4) is 0 Å². The number of Topliss-reactive ketones (excluding diaryl/α,β-unsaturated/α-hetero) is 1. The molecule has 0 saturated carbocycles. The van der Waals surface area contributed by atoms with Crippen molar-refractivity contribution in [1.82, 2.24) is 0 Å². The number of halogens is 1. The van der Waals surface area contributed by atoms with Gasteiger partial charge >= 0.3 is 0 Å². The first-order valence-electron chi connectivity index (χ1n) is 12.0. The maximum atomic E-state index is 13.8. The van der Waals surface area contributed by atoms with Crippen LogP contribution in [0.25, 0.3) is 0 Å². The molecule has 36 heavy (non-hydrogen) atoms. The van der Waals surface area contributed by atoms with Gasteiger partial charge in [0.25, 0.3) is 0 Å². The van der Waals surface area contributed by atoms with Crippen LogP contribution in [0.1, 0.15) is 42.9 Å². The standard InChI is InChI=1S/C29H29BrN2O4/c1-4-36-26-12-9-17(16-27(26)35-3)19-14-23-28(24(33)15-19)29(18-10-11-25(34-2)20(30)13-18)32-22-8-6-5-7-21(22)31-23/h5-13,16,19,29,31-32H,4,14-15H2,1-3H3. The number of benzene rings is 3. The number of para-hydroxylation sites is 2. The molecule has 3 aromatic rings. The Labute approximate surface area is 219 Å². The summed E-state index contributed by atoms with van der Waals surface area (Å²) < 4.78 is 17.5. The first-order chi connectivity index (χ1) is 17.5. The van der Waals surface area contributed by atoms with Gasteiger partial charge in [0.1, 0.15) is 5.75 Å². The normalized spacial score (nSPS) is 18.8. The quantitative estimate of drug-likeness (QED) is 0.351. The van der Waals surface area contributed by atoms with E-state index >= 15 is 0 Å². The van der Waals surface area contributed by atoms with Gasteiger partial charge in [-0.1, -0.05) is 24.3 Å². The van der Waals surface area contributed by atoms with Crippen molar-refractivity contribution in [2.45, 2.75) is 31.7 Å². The van der Waals surface area contributed by atoms with E-state index in [-0.39, 0.29) is 17.7 Å². The summed E-state index contributed by atoms with van der Waals surface area (Å²) in [5.74, 6) is 2.30. The highest BCUT2D eigenvalue weighted by Gasteiger charge is 2.36. The highest BCUT2D eigenvalue weighted by atomic mass is 79.9. The number of carbonyl (C=O) groups is 1. The van der Waals surface area contributed by atoms with Crippen LogP contribution in [0.2, 0.25) is 0 Å². The Kier molecular flexibility index (Phi) is 6.92. The summed E-state index contributed by atoms with van der Waals surface area (Å²) in [6.07, 6.45) is 1.13. The zero-order valence-corrected chi connectivity index (χ0v) is 22.1. The number of anilines is 2. The average Bonchev–Trinajstić information content (AvgIpc) is 3.06. The second kappa shape index (κ2) is 10.3. The summed E-state index contributed by atoms with van der Waals surface area (Å²) in [4.78, 5) is 13.8. The van der Waals surface area contributed by atoms with E-state index in [1.54, 1.807) is 14.2 Å². The molecule has 6 nitrogen and oxygen atoms in total. The molecule has 2 atom stereocenters. The van der Waals surface area contributed by atoms with Gasteiger partial charge in [-0.3, -0.25) is 4.79 Å². The number of rotatable bonds is 6. The van der Waals surface area contributed by atoms with Crippen LogP contribution in [-0.4, -0.2) is 26.6 Å². The van der Waals surface area contributed by atoms with Crippen molar-refractivity contribution < 1.29 is 19.0 Å². The molecule has 0 bridgehead atoms. The highest BCUT2D eigenvalue weighted by Crippen LogP contribution is 2.45. The number of ether oxygens (including phenoxy) is 3. The maximum Gasteiger partial charge on any atom is 0.163 e. The van der Waals surface area contributed by atoms with Gasteiger partial charge in [0.15, 0.2) is 17.3 Å². The lowest BCUT2D eigenvalue weighted by Crippen LogP contribution is -2.27. The van der Waals surface area contributed by atoms with Gasteiger partial charge in [-0.25, -0.2) is 0 Å². The molecule has 0 saturated heterocycles. The topological polar surface area (TPSA) is 68.8 Å². The van der Waals surface area contributed by atoms with Gasteiger partial charge in [-0.05, 0) is 82.7 Å². The summed E-state index contributed by atoms with van der Waals surface area (Å²) in [7, 11) is 3.28. The Morgan fingerprint density at radius 1 is 0.889 bits per heavy atom. The molecule has 0 spiro atoms. The third kappa shape index (κ3) is 4.55. The fourth-order valence-electron chi connectivity index (χ4n) is 5.05. The fourth-order valence-corrected chi connectivity index (χ4v) is 5.61. The summed E-state index contributed by atoms with van der Waals surface area (Å²) in [6, 6.07) is 19.7. The monoisotopic (exact) mass is 548 g/mol. The molecule has 0 radical (unpaired) electrons.